The quantitative estimate of drug-likeness (QED) is 0.811. The predicted molar refractivity (Wildman–Crippen MR) is 65.0 cm³/mol. The number of benzene rings is 1. The van der Waals surface area contributed by atoms with Gasteiger partial charge >= 0.3 is 0 Å². The van der Waals surface area contributed by atoms with E-state index in [4.69, 9.17) is 0 Å². The summed E-state index contributed by atoms with van der Waals surface area (Å²) in [6, 6.07) is 9.43. The Hall–Kier alpha value is -1.74. The lowest BCUT2D eigenvalue weighted by Gasteiger charge is -2.20. The number of aromatic nitrogens is 1. The van der Waals surface area contributed by atoms with E-state index in [1.165, 1.54) is 23.4 Å². The van der Waals surface area contributed by atoms with Crippen LogP contribution in [-0.2, 0) is 13.0 Å². The zero-order valence-corrected chi connectivity index (χ0v) is 9.41. The Morgan fingerprint density at radius 3 is 2.94 bits per heavy atom. The van der Waals surface area contributed by atoms with E-state index in [2.05, 4.69) is 22.4 Å². The van der Waals surface area contributed by atoms with E-state index in [-0.39, 0.29) is 5.82 Å². The molecule has 1 aliphatic rings. The molecule has 1 aromatic heterocycles. The summed E-state index contributed by atoms with van der Waals surface area (Å²) in [5.41, 5.74) is 4.64. The maximum absolute atomic E-state index is 12.9. The number of rotatable bonds is 1. The zero-order valence-electron chi connectivity index (χ0n) is 9.41. The van der Waals surface area contributed by atoms with Gasteiger partial charge in [0, 0.05) is 12.1 Å². The van der Waals surface area contributed by atoms with Gasteiger partial charge in [0.2, 0.25) is 0 Å². The summed E-state index contributed by atoms with van der Waals surface area (Å²) in [5, 5.41) is 3.35. The molecular formula is C14H13FN2. The highest BCUT2D eigenvalue weighted by atomic mass is 19.1. The van der Waals surface area contributed by atoms with E-state index in [9.17, 15) is 4.39 Å². The van der Waals surface area contributed by atoms with Crippen LogP contribution in [-0.4, -0.2) is 11.5 Å². The first-order valence-electron chi connectivity index (χ1n) is 5.78. The van der Waals surface area contributed by atoms with E-state index < -0.39 is 0 Å². The zero-order chi connectivity index (χ0) is 11.7. The second kappa shape index (κ2) is 4.26. The molecule has 0 amide bonds. The lowest BCUT2D eigenvalue weighted by atomic mass is 9.93. The fourth-order valence-corrected chi connectivity index (χ4v) is 2.31. The van der Waals surface area contributed by atoms with E-state index >= 15 is 0 Å². The number of pyridine rings is 1. The van der Waals surface area contributed by atoms with Crippen molar-refractivity contribution in [1.29, 1.82) is 0 Å². The average molecular weight is 228 g/mol. The van der Waals surface area contributed by atoms with Gasteiger partial charge < -0.3 is 5.32 Å². The standard InChI is InChI=1S/C14H13FN2/c15-11-4-5-14(17-9-11)13-3-1-2-10-8-16-7-6-12(10)13/h1-5,9,16H,6-8H2. The highest BCUT2D eigenvalue weighted by Gasteiger charge is 2.13. The topological polar surface area (TPSA) is 24.9 Å². The summed E-state index contributed by atoms with van der Waals surface area (Å²) < 4.78 is 12.9. The smallest absolute Gasteiger partial charge is 0.141 e. The third-order valence-corrected chi connectivity index (χ3v) is 3.14. The van der Waals surface area contributed by atoms with Crippen LogP contribution in [0.15, 0.2) is 36.5 Å². The Kier molecular flexibility index (Phi) is 2.61. The normalized spacial score (nSPS) is 14.4. The number of halogens is 1. The number of fused-ring (bicyclic) bond motifs is 1. The molecule has 0 unspecified atom stereocenters. The summed E-state index contributed by atoms with van der Waals surface area (Å²) in [7, 11) is 0. The van der Waals surface area contributed by atoms with E-state index in [0.717, 1.165) is 30.8 Å². The van der Waals surface area contributed by atoms with Crippen LogP contribution in [0.5, 0.6) is 0 Å². The van der Waals surface area contributed by atoms with Crippen LogP contribution in [0.4, 0.5) is 4.39 Å². The number of nitrogens with zero attached hydrogens (tertiary/aromatic N) is 1. The van der Waals surface area contributed by atoms with Gasteiger partial charge in [0.05, 0.1) is 11.9 Å². The van der Waals surface area contributed by atoms with E-state index in [0.29, 0.717) is 0 Å². The molecule has 0 saturated carbocycles. The van der Waals surface area contributed by atoms with E-state index in [1.54, 1.807) is 6.07 Å². The Labute approximate surface area is 99.5 Å². The molecule has 86 valence electrons. The summed E-state index contributed by atoms with van der Waals surface area (Å²) in [6.45, 7) is 1.90. The lowest BCUT2D eigenvalue weighted by Crippen LogP contribution is -2.24. The van der Waals surface area contributed by atoms with Crippen molar-refractivity contribution >= 4 is 0 Å². The Bertz CT molecular complexity index is 534. The van der Waals surface area contributed by atoms with Gasteiger partial charge in [0.15, 0.2) is 0 Å². The van der Waals surface area contributed by atoms with Crippen molar-refractivity contribution < 1.29 is 4.39 Å². The van der Waals surface area contributed by atoms with Crippen molar-refractivity contribution in [1.82, 2.24) is 10.3 Å². The summed E-state index contributed by atoms with van der Waals surface area (Å²) in [6.07, 6.45) is 2.28. The second-order valence-corrected chi connectivity index (χ2v) is 4.23. The molecule has 1 aliphatic heterocycles. The molecular weight excluding hydrogens is 215 g/mol. The van der Waals surface area contributed by atoms with Gasteiger partial charge in [-0.25, -0.2) is 4.39 Å². The molecule has 0 spiro atoms. The second-order valence-electron chi connectivity index (χ2n) is 4.23. The van der Waals surface area contributed by atoms with Crippen LogP contribution in [0.3, 0.4) is 0 Å². The summed E-state index contributed by atoms with van der Waals surface area (Å²) in [5.74, 6) is -0.291. The molecule has 1 N–H and O–H groups in total. The van der Waals surface area contributed by atoms with Crippen molar-refractivity contribution in [3.63, 3.8) is 0 Å². The molecule has 0 fully saturated rings. The minimum absolute atomic E-state index is 0.291. The maximum Gasteiger partial charge on any atom is 0.141 e. The maximum atomic E-state index is 12.9. The van der Waals surface area contributed by atoms with Gasteiger partial charge in [-0.3, -0.25) is 4.98 Å². The number of hydrogen-bond donors (Lipinski definition) is 1. The molecule has 2 aromatic rings. The molecule has 0 atom stereocenters. The minimum atomic E-state index is -0.291. The van der Waals surface area contributed by atoms with E-state index in [1.807, 2.05) is 6.07 Å². The first-order valence-corrected chi connectivity index (χ1v) is 5.78. The first kappa shape index (κ1) is 10.4. The largest absolute Gasteiger partial charge is 0.312 e. The SMILES string of the molecule is Fc1ccc(-c2cccc3c2CCNC3)nc1. The predicted octanol–water partition coefficient (Wildman–Crippen LogP) is 2.53. The van der Waals surface area contributed by atoms with Crippen molar-refractivity contribution in [2.24, 2.45) is 0 Å². The Balaban J connectivity index is 2.11. The fourth-order valence-electron chi connectivity index (χ4n) is 2.31. The molecule has 2 heterocycles. The van der Waals surface area contributed by atoms with Crippen LogP contribution in [0.25, 0.3) is 11.3 Å². The molecule has 3 heteroatoms. The third-order valence-electron chi connectivity index (χ3n) is 3.14. The highest BCUT2D eigenvalue weighted by Crippen LogP contribution is 2.26. The van der Waals surface area contributed by atoms with Crippen molar-refractivity contribution in [3.05, 3.63) is 53.5 Å². The van der Waals surface area contributed by atoms with Gasteiger partial charge in [-0.15, -0.1) is 0 Å². The van der Waals surface area contributed by atoms with Crippen LogP contribution in [0.1, 0.15) is 11.1 Å². The van der Waals surface area contributed by atoms with Crippen LogP contribution < -0.4 is 5.32 Å². The number of hydrogen-bond acceptors (Lipinski definition) is 2. The van der Waals surface area contributed by atoms with Crippen molar-refractivity contribution in [2.45, 2.75) is 13.0 Å². The molecule has 3 rings (SSSR count). The minimum Gasteiger partial charge on any atom is -0.312 e. The van der Waals surface area contributed by atoms with Crippen LogP contribution >= 0.6 is 0 Å². The van der Waals surface area contributed by atoms with Gasteiger partial charge in [-0.1, -0.05) is 18.2 Å². The monoisotopic (exact) mass is 228 g/mol. The van der Waals surface area contributed by atoms with Crippen molar-refractivity contribution in [2.75, 3.05) is 6.54 Å². The molecule has 0 saturated heterocycles. The van der Waals surface area contributed by atoms with Crippen molar-refractivity contribution in [3.8, 4) is 11.3 Å². The van der Waals surface area contributed by atoms with Gasteiger partial charge in [-0.05, 0) is 36.2 Å². The molecule has 0 bridgehead atoms. The van der Waals surface area contributed by atoms with Crippen LogP contribution in [0, 0.1) is 5.82 Å². The molecule has 2 nitrogen and oxygen atoms in total. The Morgan fingerprint density at radius 2 is 2.12 bits per heavy atom. The molecule has 1 aromatic carbocycles. The number of nitrogens with one attached hydrogen (secondary N) is 1. The summed E-state index contributed by atoms with van der Waals surface area (Å²) in [4.78, 5) is 4.16. The van der Waals surface area contributed by atoms with Gasteiger partial charge in [-0.2, -0.15) is 0 Å². The lowest BCUT2D eigenvalue weighted by molar-refractivity contribution is 0.621. The molecule has 0 radical (unpaired) electrons. The average Bonchev–Trinajstić information content (AvgIpc) is 2.39. The first-order chi connectivity index (χ1) is 8.34. The fraction of sp³-hybridized carbons (Fsp3) is 0.214. The van der Waals surface area contributed by atoms with Crippen LogP contribution in [0.2, 0.25) is 0 Å². The third kappa shape index (κ3) is 1.94. The highest BCUT2D eigenvalue weighted by molar-refractivity contribution is 5.65. The molecule has 17 heavy (non-hydrogen) atoms. The Morgan fingerprint density at radius 1 is 1.18 bits per heavy atom. The molecule has 0 aliphatic carbocycles. The summed E-state index contributed by atoms with van der Waals surface area (Å²) >= 11 is 0. The van der Waals surface area contributed by atoms with Gasteiger partial charge in [0.1, 0.15) is 5.82 Å². The van der Waals surface area contributed by atoms with Gasteiger partial charge in [0.25, 0.3) is 0 Å².